The fraction of sp³-hybridized carbons (Fsp3) is 0.300. The molecule has 0 unspecified atom stereocenters. The Bertz CT molecular complexity index is 835. The zero-order valence-corrected chi connectivity index (χ0v) is 14.0. The van der Waals surface area contributed by atoms with E-state index in [1.165, 1.54) is 0 Å². The molecule has 1 fully saturated rings. The first-order chi connectivity index (χ1) is 12.3. The Morgan fingerprint density at radius 3 is 2.88 bits per heavy atom. The minimum Gasteiger partial charge on any atom is -0.487 e. The van der Waals surface area contributed by atoms with Crippen LogP contribution in [0, 0.1) is 0 Å². The fourth-order valence-corrected chi connectivity index (χ4v) is 3.35. The lowest BCUT2D eigenvalue weighted by Gasteiger charge is -2.36. The van der Waals surface area contributed by atoms with Gasteiger partial charge in [-0.25, -0.2) is 0 Å². The van der Waals surface area contributed by atoms with Gasteiger partial charge < -0.3 is 9.84 Å². The number of rotatable bonds is 4. The number of hydrogen-bond acceptors (Lipinski definition) is 5. The highest BCUT2D eigenvalue weighted by molar-refractivity contribution is 5.84. The molecule has 1 N–H and O–H groups in total. The van der Waals surface area contributed by atoms with Gasteiger partial charge in [0.05, 0.1) is 5.52 Å². The number of aromatic nitrogens is 2. The second-order valence-corrected chi connectivity index (χ2v) is 6.43. The molecule has 2 atom stereocenters. The van der Waals surface area contributed by atoms with Crippen LogP contribution < -0.4 is 4.74 Å². The van der Waals surface area contributed by atoms with Crippen LogP contribution >= 0.6 is 0 Å². The summed E-state index contributed by atoms with van der Waals surface area (Å²) in [5.41, 5.74) is 2.07. The number of pyridine rings is 2. The van der Waals surface area contributed by atoms with Gasteiger partial charge in [-0.15, -0.1) is 0 Å². The quantitative estimate of drug-likeness (QED) is 0.794. The highest BCUT2D eigenvalue weighted by Crippen LogP contribution is 2.27. The van der Waals surface area contributed by atoms with Gasteiger partial charge in [-0.05, 0) is 42.3 Å². The molecule has 1 aromatic carbocycles. The number of piperidine rings is 1. The van der Waals surface area contributed by atoms with E-state index in [9.17, 15) is 5.11 Å². The van der Waals surface area contributed by atoms with E-state index in [4.69, 9.17) is 4.74 Å². The molecule has 0 spiro atoms. The molecule has 25 heavy (non-hydrogen) atoms. The zero-order chi connectivity index (χ0) is 17.1. The van der Waals surface area contributed by atoms with Crippen molar-refractivity contribution < 1.29 is 9.84 Å². The van der Waals surface area contributed by atoms with Crippen molar-refractivity contribution in [3.63, 3.8) is 0 Å². The molecule has 1 aliphatic heterocycles. The fourth-order valence-electron chi connectivity index (χ4n) is 3.35. The number of fused-ring (bicyclic) bond motifs is 1. The number of β-amino-alcohol motifs (C(OH)–C–C–N with tert-alkyl or cyclic N) is 1. The van der Waals surface area contributed by atoms with Gasteiger partial charge in [0.1, 0.15) is 18.0 Å². The first-order valence-corrected chi connectivity index (χ1v) is 8.59. The maximum atomic E-state index is 10.6. The van der Waals surface area contributed by atoms with Gasteiger partial charge in [-0.3, -0.25) is 14.9 Å². The third-order valence-corrected chi connectivity index (χ3v) is 4.62. The van der Waals surface area contributed by atoms with Gasteiger partial charge in [-0.2, -0.15) is 0 Å². The van der Waals surface area contributed by atoms with Crippen LogP contribution in [0.3, 0.4) is 0 Å². The number of benzene rings is 1. The molecule has 0 radical (unpaired) electrons. The van der Waals surface area contributed by atoms with Crippen LogP contribution in [0.1, 0.15) is 12.0 Å². The normalized spacial score (nSPS) is 21.3. The molecule has 0 saturated carbocycles. The second kappa shape index (κ2) is 7.17. The Morgan fingerprint density at radius 2 is 2.04 bits per heavy atom. The first-order valence-electron chi connectivity index (χ1n) is 8.59. The zero-order valence-electron chi connectivity index (χ0n) is 14.0. The predicted octanol–water partition coefficient (Wildman–Crippen LogP) is 2.64. The predicted molar refractivity (Wildman–Crippen MR) is 96.3 cm³/mol. The summed E-state index contributed by atoms with van der Waals surface area (Å²) in [7, 11) is 0. The third-order valence-electron chi connectivity index (χ3n) is 4.62. The lowest BCUT2D eigenvalue weighted by molar-refractivity contribution is -0.0269. The van der Waals surface area contributed by atoms with Crippen LogP contribution in [-0.4, -0.2) is 45.3 Å². The summed E-state index contributed by atoms with van der Waals surface area (Å²) in [6, 6.07) is 13.8. The molecule has 0 bridgehead atoms. The molecule has 5 heteroatoms. The minimum absolute atomic E-state index is 0.198. The molecule has 3 heterocycles. The molecule has 5 nitrogen and oxygen atoms in total. The molecule has 128 valence electrons. The van der Waals surface area contributed by atoms with Crippen molar-refractivity contribution in [2.75, 3.05) is 13.1 Å². The average Bonchev–Trinajstić information content (AvgIpc) is 2.65. The van der Waals surface area contributed by atoms with Crippen LogP contribution in [0.2, 0.25) is 0 Å². The molecular formula is C20H21N3O2. The van der Waals surface area contributed by atoms with Crippen molar-refractivity contribution in [2.24, 2.45) is 0 Å². The van der Waals surface area contributed by atoms with Crippen molar-refractivity contribution in [1.29, 1.82) is 0 Å². The average molecular weight is 335 g/mol. The highest BCUT2D eigenvalue weighted by atomic mass is 16.5. The summed E-state index contributed by atoms with van der Waals surface area (Å²) in [4.78, 5) is 10.7. The van der Waals surface area contributed by atoms with Crippen molar-refractivity contribution in [3.8, 4) is 5.75 Å². The summed E-state index contributed by atoms with van der Waals surface area (Å²) in [5.74, 6) is 0.787. The maximum absolute atomic E-state index is 10.6. The van der Waals surface area contributed by atoms with Gasteiger partial charge in [0.15, 0.2) is 0 Å². The lowest BCUT2D eigenvalue weighted by Crippen LogP contribution is -2.48. The number of nitrogens with zero attached hydrogens (tertiary/aromatic N) is 3. The van der Waals surface area contributed by atoms with E-state index in [1.807, 2.05) is 42.6 Å². The van der Waals surface area contributed by atoms with Crippen LogP contribution in [-0.2, 0) is 6.54 Å². The Kier molecular flexibility index (Phi) is 4.59. The van der Waals surface area contributed by atoms with E-state index in [-0.39, 0.29) is 6.10 Å². The van der Waals surface area contributed by atoms with E-state index in [1.54, 1.807) is 12.4 Å². The summed E-state index contributed by atoms with van der Waals surface area (Å²) in [5, 5.41) is 11.5. The Labute approximate surface area is 146 Å². The number of hydrogen-bond donors (Lipinski definition) is 1. The molecule has 1 saturated heterocycles. The van der Waals surface area contributed by atoms with Crippen molar-refractivity contribution in [3.05, 3.63) is 66.6 Å². The number of aliphatic hydroxyl groups excluding tert-OH is 1. The van der Waals surface area contributed by atoms with Gasteiger partial charge in [0.2, 0.25) is 0 Å². The van der Waals surface area contributed by atoms with E-state index in [0.29, 0.717) is 6.54 Å². The minimum atomic E-state index is -0.516. The molecule has 0 amide bonds. The van der Waals surface area contributed by atoms with Gasteiger partial charge >= 0.3 is 0 Å². The Balaban J connectivity index is 1.43. The summed E-state index contributed by atoms with van der Waals surface area (Å²) in [6.07, 6.45) is 5.50. The topological polar surface area (TPSA) is 58.5 Å². The summed E-state index contributed by atoms with van der Waals surface area (Å²) < 4.78 is 6.15. The standard InChI is InChI=1S/C20H21N3O2/c24-18-14-23(13-15-4-2-9-21-12-15)11-8-20(18)25-19-7-1-6-17-16(19)5-3-10-22-17/h1-7,9-10,12,18,20,24H,8,11,13-14H2/t18-,20-/m1/s1. The molecular weight excluding hydrogens is 314 g/mol. The SMILES string of the molecule is O[C@@H]1CN(Cc2cccnc2)CC[C@H]1Oc1cccc2ncccc12. The van der Waals surface area contributed by atoms with Crippen molar-refractivity contribution >= 4 is 10.9 Å². The number of likely N-dealkylation sites (tertiary alicyclic amines) is 1. The summed E-state index contributed by atoms with van der Waals surface area (Å²) >= 11 is 0. The molecule has 0 aliphatic carbocycles. The van der Waals surface area contributed by atoms with E-state index in [0.717, 1.165) is 41.7 Å². The highest BCUT2D eigenvalue weighted by Gasteiger charge is 2.29. The van der Waals surface area contributed by atoms with Crippen LogP contribution in [0.25, 0.3) is 10.9 Å². The van der Waals surface area contributed by atoms with Crippen LogP contribution in [0.5, 0.6) is 5.75 Å². The molecule has 1 aliphatic rings. The van der Waals surface area contributed by atoms with E-state index >= 15 is 0 Å². The third kappa shape index (κ3) is 3.62. The molecule has 3 aromatic rings. The number of aliphatic hydroxyl groups is 1. The van der Waals surface area contributed by atoms with Crippen LogP contribution in [0.15, 0.2) is 61.1 Å². The van der Waals surface area contributed by atoms with Gasteiger partial charge in [0.25, 0.3) is 0 Å². The van der Waals surface area contributed by atoms with Gasteiger partial charge in [-0.1, -0.05) is 12.1 Å². The Hall–Kier alpha value is -2.50. The first kappa shape index (κ1) is 16.0. The largest absolute Gasteiger partial charge is 0.487 e. The van der Waals surface area contributed by atoms with Crippen LogP contribution in [0.4, 0.5) is 0 Å². The van der Waals surface area contributed by atoms with Gasteiger partial charge in [0, 0.05) is 43.6 Å². The van der Waals surface area contributed by atoms with Crippen molar-refractivity contribution in [2.45, 2.75) is 25.2 Å². The second-order valence-electron chi connectivity index (χ2n) is 6.43. The lowest BCUT2D eigenvalue weighted by atomic mass is 10.0. The summed E-state index contributed by atoms with van der Waals surface area (Å²) in [6.45, 7) is 2.29. The smallest absolute Gasteiger partial charge is 0.129 e. The molecule has 4 rings (SSSR count). The maximum Gasteiger partial charge on any atom is 0.129 e. The Morgan fingerprint density at radius 1 is 1.12 bits per heavy atom. The van der Waals surface area contributed by atoms with E-state index < -0.39 is 6.10 Å². The van der Waals surface area contributed by atoms with E-state index in [2.05, 4.69) is 20.9 Å². The number of ether oxygens (including phenoxy) is 1. The molecule has 2 aromatic heterocycles. The monoisotopic (exact) mass is 335 g/mol. The van der Waals surface area contributed by atoms with Crippen molar-refractivity contribution in [1.82, 2.24) is 14.9 Å².